The molecule has 0 fully saturated rings. The van der Waals surface area contributed by atoms with Crippen LogP contribution < -0.4 is 14.8 Å². The van der Waals surface area contributed by atoms with Gasteiger partial charge in [0, 0.05) is 43.8 Å². The van der Waals surface area contributed by atoms with Crippen LogP contribution in [0.2, 0.25) is 0 Å². The number of methoxy groups -OCH3 is 2. The van der Waals surface area contributed by atoms with Crippen LogP contribution in [-0.2, 0) is 19.4 Å². The highest BCUT2D eigenvalue weighted by Gasteiger charge is 2.21. The van der Waals surface area contributed by atoms with Crippen molar-refractivity contribution in [2.45, 2.75) is 25.8 Å². The van der Waals surface area contributed by atoms with Crippen LogP contribution in [0, 0.1) is 0 Å². The Labute approximate surface area is 201 Å². The highest BCUT2D eigenvalue weighted by molar-refractivity contribution is 14.0. The van der Waals surface area contributed by atoms with Gasteiger partial charge in [-0.2, -0.15) is 0 Å². The summed E-state index contributed by atoms with van der Waals surface area (Å²) in [6, 6.07) is 12.7. The van der Waals surface area contributed by atoms with Crippen molar-refractivity contribution < 1.29 is 9.47 Å². The summed E-state index contributed by atoms with van der Waals surface area (Å²) < 4.78 is 10.9. The largest absolute Gasteiger partial charge is 0.493 e. The summed E-state index contributed by atoms with van der Waals surface area (Å²) in [6.07, 6.45) is 5.18. The molecule has 7 heteroatoms. The zero-order chi connectivity index (χ0) is 20.9. The van der Waals surface area contributed by atoms with Gasteiger partial charge >= 0.3 is 0 Å². The first kappa shape index (κ1) is 23.2. The highest BCUT2D eigenvalue weighted by Crippen LogP contribution is 2.33. The number of H-pyrrole nitrogens is 1. The van der Waals surface area contributed by atoms with E-state index in [2.05, 4.69) is 62.8 Å². The third-order valence-electron chi connectivity index (χ3n) is 5.81. The summed E-state index contributed by atoms with van der Waals surface area (Å²) in [6.45, 7) is 2.64. The number of hydrogen-bond donors (Lipinski definition) is 2. The van der Waals surface area contributed by atoms with E-state index in [1.165, 1.54) is 27.6 Å². The van der Waals surface area contributed by atoms with E-state index in [0.29, 0.717) is 0 Å². The number of halogens is 1. The highest BCUT2D eigenvalue weighted by atomic mass is 127. The third-order valence-corrected chi connectivity index (χ3v) is 5.81. The number of para-hydroxylation sites is 1. The number of hydrogen-bond acceptors (Lipinski definition) is 3. The van der Waals surface area contributed by atoms with Crippen LogP contribution in [0.15, 0.2) is 47.6 Å². The number of aromatic nitrogens is 1. The van der Waals surface area contributed by atoms with Gasteiger partial charge < -0.3 is 24.7 Å². The standard InChI is InChI=1S/C24H30N4O2.HI/c1-25-24(26-11-6-7-18-15-27-21-9-5-4-8-20(18)21)28-12-10-17-13-22(29-2)23(30-3)14-19(17)16-28;/h4-5,8-9,13-15,27H,6-7,10-12,16H2,1-3H3,(H,25,26);1H. The molecule has 1 aromatic heterocycles. The van der Waals surface area contributed by atoms with E-state index in [1.807, 2.05) is 7.05 Å². The predicted molar refractivity (Wildman–Crippen MR) is 137 cm³/mol. The van der Waals surface area contributed by atoms with Gasteiger partial charge in [0.1, 0.15) is 0 Å². The molecule has 0 spiro atoms. The average molecular weight is 534 g/mol. The molecule has 6 nitrogen and oxygen atoms in total. The number of rotatable bonds is 6. The fourth-order valence-electron chi connectivity index (χ4n) is 4.21. The number of benzene rings is 2. The lowest BCUT2D eigenvalue weighted by atomic mass is 9.99. The Morgan fingerprint density at radius 3 is 2.61 bits per heavy atom. The van der Waals surface area contributed by atoms with Crippen LogP contribution in [0.4, 0.5) is 0 Å². The van der Waals surface area contributed by atoms with E-state index >= 15 is 0 Å². The minimum Gasteiger partial charge on any atom is -0.493 e. The monoisotopic (exact) mass is 534 g/mol. The molecule has 166 valence electrons. The molecule has 0 atom stereocenters. The van der Waals surface area contributed by atoms with Crippen LogP contribution in [-0.4, -0.2) is 50.2 Å². The van der Waals surface area contributed by atoms with E-state index in [4.69, 9.17) is 9.47 Å². The summed E-state index contributed by atoms with van der Waals surface area (Å²) in [4.78, 5) is 10.2. The zero-order valence-electron chi connectivity index (χ0n) is 18.4. The van der Waals surface area contributed by atoms with E-state index < -0.39 is 0 Å². The van der Waals surface area contributed by atoms with Crippen LogP contribution >= 0.6 is 24.0 Å². The Bertz CT molecular complexity index is 1050. The van der Waals surface area contributed by atoms with Crippen LogP contribution in [0.3, 0.4) is 0 Å². The molecule has 2 heterocycles. The summed E-state index contributed by atoms with van der Waals surface area (Å²) in [7, 11) is 5.21. The second-order valence-electron chi connectivity index (χ2n) is 7.58. The molecule has 0 amide bonds. The number of nitrogens with one attached hydrogen (secondary N) is 2. The minimum atomic E-state index is 0. The lowest BCUT2D eigenvalue weighted by Crippen LogP contribution is -2.44. The summed E-state index contributed by atoms with van der Waals surface area (Å²) >= 11 is 0. The smallest absolute Gasteiger partial charge is 0.193 e. The predicted octanol–water partition coefficient (Wildman–Crippen LogP) is 4.37. The number of ether oxygens (including phenoxy) is 2. The van der Waals surface area contributed by atoms with Gasteiger partial charge in [-0.1, -0.05) is 18.2 Å². The molecule has 31 heavy (non-hydrogen) atoms. The van der Waals surface area contributed by atoms with Crippen molar-refractivity contribution >= 4 is 40.8 Å². The van der Waals surface area contributed by atoms with Gasteiger partial charge in [-0.15, -0.1) is 24.0 Å². The molecular formula is C24H31IN4O2. The Kier molecular flexibility index (Phi) is 8.06. The normalized spacial score (nSPS) is 13.5. The van der Waals surface area contributed by atoms with Gasteiger partial charge in [0.15, 0.2) is 17.5 Å². The second-order valence-corrected chi connectivity index (χ2v) is 7.58. The third kappa shape index (κ3) is 5.08. The van der Waals surface area contributed by atoms with Crippen molar-refractivity contribution in [3.05, 3.63) is 59.3 Å². The summed E-state index contributed by atoms with van der Waals surface area (Å²) in [5, 5.41) is 4.86. The number of aliphatic imine (C=N–C) groups is 1. The number of nitrogens with zero attached hydrogens (tertiary/aromatic N) is 2. The fraction of sp³-hybridized carbons (Fsp3) is 0.375. The molecule has 0 aliphatic carbocycles. The van der Waals surface area contributed by atoms with Gasteiger partial charge in [-0.25, -0.2) is 0 Å². The molecule has 1 aliphatic rings. The van der Waals surface area contributed by atoms with E-state index in [1.54, 1.807) is 14.2 Å². The Morgan fingerprint density at radius 1 is 1.13 bits per heavy atom. The van der Waals surface area contributed by atoms with Gasteiger partial charge in [-0.05, 0) is 54.2 Å². The van der Waals surface area contributed by atoms with Gasteiger partial charge in [0.2, 0.25) is 0 Å². The molecular weight excluding hydrogens is 503 g/mol. The molecule has 4 rings (SSSR count). The topological polar surface area (TPSA) is 61.9 Å². The average Bonchev–Trinajstić information content (AvgIpc) is 3.21. The molecule has 0 saturated heterocycles. The molecule has 1 aliphatic heterocycles. The van der Waals surface area contributed by atoms with Crippen molar-refractivity contribution in [1.29, 1.82) is 0 Å². The first-order valence-electron chi connectivity index (χ1n) is 10.5. The van der Waals surface area contributed by atoms with Crippen molar-refractivity contribution in [3.8, 4) is 11.5 Å². The number of guanidine groups is 1. The number of aryl methyl sites for hydroxylation is 1. The Morgan fingerprint density at radius 2 is 1.87 bits per heavy atom. The molecule has 0 bridgehead atoms. The fourth-order valence-corrected chi connectivity index (χ4v) is 4.21. The number of aromatic amines is 1. The first-order chi connectivity index (χ1) is 14.7. The van der Waals surface area contributed by atoms with E-state index in [0.717, 1.165) is 56.4 Å². The molecule has 2 aromatic carbocycles. The van der Waals surface area contributed by atoms with E-state index in [-0.39, 0.29) is 24.0 Å². The maximum atomic E-state index is 5.48. The van der Waals surface area contributed by atoms with Crippen molar-refractivity contribution in [1.82, 2.24) is 15.2 Å². The maximum absolute atomic E-state index is 5.48. The molecule has 0 saturated carbocycles. The maximum Gasteiger partial charge on any atom is 0.193 e. The zero-order valence-corrected chi connectivity index (χ0v) is 20.7. The van der Waals surface area contributed by atoms with Crippen molar-refractivity contribution in [3.63, 3.8) is 0 Å². The van der Waals surface area contributed by atoms with Crippen molar-refractivity contribution in [2.24, 2.45) is 4.99 Å². The quantitative estimate of drug-likeness (QED) is 0.214. The van der Waals surface area contributed by atoms with Crippen LogP contribution in [0.5, 0.6) is 11.5 Å². The SMILES string of the molecule is CN=C(NCCCc1c[nH]c2ccccc12)N1CCc2cc(OC)c(OC)cc2C1.I. The van der Waals surface area contributed by atoms with Crippen LogP contribution in [0.25, 0.3) is 10.9 Å². The minimum absolute atomic E-state index is 0. The summed E-state index contributed by atoms with van der Waals surface area (Å²) in [5.41, 5.74) is 5.16. The summed E-state index contributed by atoms with van der Waals surface area (Å²) in [5.74, 6) is 2.53. The van der Waals surface area contributed by atoms with Gasteiger partial charge in [-0.3, -0.25) is 4.99 Å². The lowest BCUT2D eigenvalue weighted by molar-refractivity contribution is 0.346. The Hall–Kier alpha value is -2.42. The molecule has 0 radical (unpaired) electrons. The van der Waals surface area contributed by atoms with Gasteiger partial charge in [0.05, 0.1) is 14.2 Å². The van der Waals surface area contributed by atoms with Gasteiger partial charge in [0.25, 0.3) is 0 Å². The van der Waals surface area contributed by atoms with E-state index in [9.17, 15) is 0 Å². The number of fused-ring (bicyclic) bond motifs is 2. The second kappa shape index (κ2) is 10.7. The molecule has 2 N–H and O–H groups in total. The molecule has 0 unspecified atom stereocenters. The van der Waals surface area contributed by atoms with Crippen molar-refractivity contribution in [2.75, 3.05) is 34.4 Å². The molecule has 3 aromatic rings. The Balaban J connectivity index is 0.00000272. The van der Waals surface area contributed by atoms with Crippen LogP contribution in [0.1, 0.15) is 23.1 Å². The lowest BCUT2D eigenvalue weighted by Gasteiger charge is -2.32. The first-order valence-corrected chi connectivity index (χ1v) is 10.5.